The van der Waals surface area contributed by atoms with E-state index in [1.807, 2.05) is 6.92 Å². The maximum atomic E-state index is 13.1. The Morgan fingerprint density at radius 3 is 2.05 bits per heavy atom. The molecule has 0 saturated carbocycles. The summed E-state index contributed by atoms with van der Waals surface area (Å²) in [5.41, 5.74) is -2.03. The van der Waals surface area contributed by atoms with Crippen LogP contribution in [0.5, 0.6) is 0 Å². The molecule has 1 aromatic heterocycles. The average Bonchev–Trinajstić information content (AvgIpc) is 2.77. The zero-order valence-electron chi connectivity index (χ0n) is 11.4. The predicted octanol–water partition coefficient (Wildman–Crippen LogP) is 5.88. The maximum absolute atomic E-state index is 13.1. The van der Waals surface area contributed by atoms with Crippen molar-refractivity contribution in [1.82, 2.24) is 15.0 Å². The van der Waals surface area contributed by atoms with Gasteiger partial charge in [-0.2, -0.15) is 13.2 Å². The number of aryl methyl sites for hydroxylation is 1. The minimum atomic E-state index is -4.82. The van der Waals surface area contributed by atoms with Crippen molar-refractivity contribution in [2.75, 3.05) is 0 Å². The van der Waals surface area contributed by atoms with Crippen molar-refractivity contribution >= 4 is 58.0 Å². The van der Waals surface area contributed by atoms with Crippen molar-refractivity contribution in [3.8, 4) is 0 Å². The van der Waals surface area contributed by atoms with Crippen molar-refractivity contribution in [3.05, 3.63) is 11.4 Å². The lowest BCUT2D eigenvalue weighted by Gasteiger charge is -2.28. The summed E-state index contributed by atoms with van der Waals surface area (Å²) in [7, 11) is 0. The fourth-order valence-electron chi connectivity index (χ4n) is 1.79. The molecule has 0 bridgehead atoms. The Morgan fingerprint density at radius 2 is 1.59 bits per heavy atom. The SMILES string of the molecule is CCCCCCn1nnc(C(F)(F)F)c1C(Cl)(Cl)C(Cl)(Cl)Cl. The van der Waals surface area contributed by atoms with Gasteiger partial charge in [-0.1, -0.05) is 89.4 Å². The van der Waals surface area contributed by atoms with E-state index in [2.05, 4.69) is 10.3 Å². The van der Waals surface area contributed by atoms with Crippen LogP contribution in [0.2, 0.25) is 0 Å². The summed E-state index contributed by atoms with van der Waals surface area (Å²) in [5.74, 6) is 0. The van der Waals surface area contributed by atoms with Gasteiger partial charge in [0.25, 0.3) is 0 Å². The normalized spacial score (nSPS) is 13.7. The number of unbranched alkanes of at least 4 members (excludes halogenated alkanes) is 3. The molecule has 0 unspecified atom stereocenters. The molecule has 0 radical (unpaired) electrons. The number of rotatable bonds is 6. The van der Waals surface area contributed by atoms with Gasteiger partial charge in [0.05, 0.1) is 0 Å². The Hall–Kier alpha value is 0.380. The van der Waals surface area contributed by atoms with Crippen molar-refractivity contribution in [3.63, 3.8) is 0 Å². The molecule has 0 amide bonds. The molecule has 0 saturated heterocycles. The van der Waals surface area contributed by atoms with Gasteiger partial charge in [0.2, 0.25) is 8.13 Å². The van der Waals surface area contributed by atoms with E-state index in [0.29, 0.717) is 6.42 Å². The smallest absolute Gasteiger partial charge is 0.245 e. The molecule has 11 heteroatoms. The summed E-state index contributed by atoms with van der Waals surface area (Å²) in [6.45, 7) is 2.15. The van der Waals surface area contributed by atoms with Crippen LogP contribution in [0, 0.1) is 0 Å². The second kappa shape index (κ2) is 7.51. The van der Waals surface area contributed by atoms with Crippen molar-refractivity contribution in [2.24, 2.45) is 0 Å². The fourth-order valence-corrected chi connectivity index (χ4v) is 2.44. The Kier molecular flexibility index (Phi) is 6.97. The van der Waals surface area contributed by atoms with Crippen LogP contribution in [-0.2, 0) is 17.1 Å². The first kappa shape index (κ1) is 20.4. The molecule has 22 heavy (non-hydrogen) atoms. The monoisotopic (exact) mass is 419 g/mol. The van der Waals surface area contributed by atoms with E-state index in [-0.39, 0.29) is 6.54 Å². The number of hydrogen-bond donors (Lipinski definition) is 0. The van der Waals surface area contributed by atoms with Crippen LogP contribution in [-0.4, -0.2) is 18.8 Å². The molecule has 0 aliphatic heterocycles. The number of aromatic nitrogens is 3. The largest absolute Gasteiger partial charge is 0.437 e. The van der Waals surface area contributed by atoms with E-state index < -0.39 is 25.7 Å². The number of alkyl halides is 8. The third-order valence-corrected chi connectivity index (χ3v) is 5.24. The van der Waals surface area contributed by atoms with Gasteiger partial charge in [0.1, 0.15) is 5.69 Å². The second-order valence-corrected chi connectivity index (χ2v) is 8.25. The molecule has 1 rings (SSSR count). The summed E-state index contributed by atoms with van der Waals surface area (Å²) in [6.07, 6.45) is -1.52. The van der Waals surface area contributed by atoms with Crippen LogP contribution >= 0.6 is 58.0 Å². The van der Waals surface area contributed by atoms with E-state index in [1.54, 1.807) is 0 Å². The van der Waals surface area contributed by atoms with Crippen molar-refractivity contribution in [1.29, 1.82) is 0 Å². The van der Waals surface area contributed by atoms with Crippen LogP contribution in [0.4, 0.5) is 13.2 Å². The molecule has 128 valence electrons. The summed E-state index contributed by atoms with van der Waals surface area (Å²) in [4.78, 5) is 0. The zero-order valence-corrected chi connectivity index (χ0v) is 15.2. The van der Waals surface area contributed by atoms with E-state index >= 15 is 0 Å². The first-order valence-electron chi connectivity index (χ1n) is 6.38. The van der Waals surface area contributed by atoms with Crippen LogP contribution in [0.25, 0.3) is 0 Å². The Balaban J connectivity index is 3.22. The average molecular weight is 422 g/mol. The van der Waals surface area contributed by atoms with Crippen molar-refractivity contribution in [2.45, 2.75) is 53.5 Å². The van der Waals surface area contributed by atoms with Gasteiger partial charge in [-0.05, 0) is 6.42 Å². The summed E-state index contributed by atoms with van der Waals surface area (Å²) in [5, 5.41) is 6.57. The van der Waals surface area contributed by atoms with E-state index in [4.69, 9.17) is 58.0 Å². The highest BCUT2D eigenvalue weighted by molar-refractivity contribution is 6.75. The molecule has 0 aliphatic carbocycles. The molecule has 3 nitrogen and oxygen atoms in total. The van der Waals surface area contributed by atoms with Crippen LogP contribution in [0.15, 0.2) is 0 Å². The first-order valence-corrected chi connectivity index (χ1v) is 8.27. The zero-order chi connectivity index (χ0) is 17.2. The lowest BCUT2D eigenvalue weighted by Crippen LogP contribution is -2.33. The third kappa shape index (κ3) is 4.69. The molecule has 0 spiro atoms. The minimum Gasteiger partial charge on any atom is -0.245 e. The molecule has 0 N–H and O–H groups in total. The molecule has 0 fully saturated rings. The predicted molar refractivity (Wildman–Crippen MR) is 82.8 cm³/mol. The van der Waals surface area contributed by atoms with Gasteiger partial charge in [-0.15, -0.1) is 5.10 Å². The molecule has 0 aromatic carbocycles. The van der Waals surface area contributed by atoms with Gasteiger partial charge in [0, 0.05) is 6.54 Å². The van der Waals surface area contributed by atoms with Gasteiger partial charge < -0.3 is 0 Å². The first-order chi connectivity index (χ1) is 9.93. The second-order valence-electron chi connectivity index (χ2n) is 4.64. The summed E-state index contributed by atoms with van der Waals surface area (Å²) in [6, 6.07) is 0. The maximum Gasteiger partial charge on any atom is 0.437 e. The Labute approximate surface area is 151 Å². The van der Waals surface area contributed by atoms with E-state index in [9.17, 15) is 13.2 Å². The van der Waals surface area contributed by atoms with E-state index in [0.717, 1.165) is 23.9 Å². The Morgan fingerprint density at radius 1 is 1.00 bits per heavy atom. The number of halogens is 8. The molecule has 0 aliphatic rings. The van der Waals surface area contributed by atoms with Gasteiger partial charge in [0.15, 0.2) is 5.69 Å². The quantitative estimate of drug-likeness (QED) is 0.424. The van der Waals surface area contributed by atoms with Gasteiger partial charge >= 0.3 is 6.18 Å². The van der Waals surface area contributed by atoms with Crippen molar-refractivity contribution < 1.29 is 13.2 Å². The third-order valence-electron chi connectivity index (χ3n) is 2.88. The highest BCUT2D eigenvalue weighted by Crippen LogP contribution is 2.54. The molecular weight excluding hydrogens is 408 g/mol. The Bertz CT molecular complexity index is 496. The molecular formula is C11H13Cl5F3N3. The molecule has 1 aromatic rings. The van der Waals surface area contributed by atoms with Gasteiger partial charge in [-0.3, -0.25) is 0 Å². The summed E-state index contributed by atoms with van der Waals surface area (Å²) < 4.78 is 35.3. The number of hydrogen-bond acceptors (Lipinski definition) is 2. The lowest BCUT2D eigenvalue weighted by molar-refractivity contribution is -0.142. The highest BCUT2D eigenvalue weighted by atomic mass is 35.6. The molecule has 1 heterocycles. The topological polar surface area (TPSA) is 30.7 Å². The molecule has 0 atom stereocenters. The van der Waals surface area contributed by atoms with Crippen LogP contribution in [0.3, 0.4) is 0 Å². The lowest BCUT2D eigenvalue weighted by atomic mass is 10.2. The number of nitrogens with zero attached hydrogens (tertiary/aromatic N) is 3. The summed E-state index contributed by atoms with van der Waals surface area (Å²) >= 11 is 28.7. The fraction of sp³-hybridized carbons (Fsp3) is 0.818. The van der Waals surface area contributed by atoms with Crippen LogP contribution < -0.4 is 0 Å². The minimum absolute atomic E-state index is 0.139. The van der Waals surface area contributed by atoms with Crippen LogP contribution in [0.1, 0.15) is 44.0 Å². The van der Waals surface area contributed by atoms with E-state index in [1.165, 1.54) is 0 Å². The standard InChI is InChI=1S/C11H13Cl5F3N3/c1-2-3-4-5-6-22-8(9(12,13)11(14,15)16)7(20-21-22)10(17,18)19/h2-6H2,1H3. The highest BCUT2D eigenvalue weighted by Gasteiger charge is 2.55. The van der Waals surface area contributed by atoms with Gasteiger partial charge in [-0.25, -0.2) is 4.68 Å².